The minimum atomic E-state index is -0.410. The van der Waals surface area contributed by atoms with E-state index in [0.717, 1.165) is 38.5 Å². The normalized spacial score (nSPS) is 12.7. The first-order chi connectivity index (χ1) is 18.5. The maximum atomic E-state index is 13.4. The predicted octanol–water partition coefficient (Wildman–Crippen LogP) is 10.1. The summed E-state index contributed by atoms with van der Waals surface area (Å²) in [6, 6.07) is 6.52. The molecule has 1 aromatic carbocycles. The van der Waals surface area contributed by atoms with Crippen LogP contribution in [0.15, 0.2) is 24.3 Å². The average Bonchev–Trinajstić information content (AvgIpc) is 2.91. The topological polar surface area (TPSA) is 72.7 Å². The average molecular weight is 533 g/mol. The number of nitro benzene ring substituents is 1. The monoisotopic (exact) mass is 532 g/mol. The summed E-state index contributed by atoms with van der Waals surface area (Å²) in [5, 5.41) is 11.4. The van der Waals surface area contributed by atoms with Crippen LogP contribution in [0.4, 0.5) is 10.5 Å². The number of unbranched alkanes of at least 4 members (excludes halogenated alkanes) is 8. The molecular weight excluding hydrogens is 476 g/mol. The second-order valence-corrected chi connectivity index (χ2v) is 11.1. The molecule has 0 aliphatic heterocycles. The lowest BCUT2D eigenvalue weighted by atomic mass is 9.93. The summed E-state index contributed by atoms with van der Waals surface area (Å²) in [4.78, 5) is 26.4. The maximum absolute atomic E-state index is 13.4. The highest BCUT2D eigenvalue weighted by Gasteiger charge is 2.24. The van der Waals surface area contributed by atoms with Crippen molar-refractivity contribution >= 4 is 11.8 Å². The van der Waals surface area contributed by atoms with Gasteiger partial charge in [0, 0.05) is 19.2 Å². The minimum Gasteiger partial charge on any atom is -0.444 e. The molecule has 0 N–H and O–H groups in total. The largest absolute Gasteiger partial charge is 0.444 e. The van der Waals surface area contributed by atoms with Crippen molar-refractivity contribution in [2.75, 3.05) is 13.1 Å². The van der Waals surface area contributed by atoms with Gasteiger partial charge in [-0.3, -0.25) is 10.1 Å². The SMILES string of the molecule is CCCCCCCC(CCC)CN(CC(CCC)CCCCCCC)C(=O)OCc1ccccc1[N+](=O)[O-]. The number of hydrogen-bond donors (Lipinski definition) is 0. The molecule has 1 aromatic rings. The number of para-hydroxylation sites is 1. The van der Waals surface area contributed by atoms with E-state index in [1.165, 1.54) is 70.3 Å². The van der Waals surface area contributed by atoms with Crippen molar-refractivity contribution in [3.8, 4) is 0 Å². The summed E-state index contributed by atoms with van der Waals surface area (Å²) in [6.45, 7) is 10.3. The molecule has 0 fully saturated rings. The van der Waals surface area contributed by atoms with Gasteiger partial charge in [0.05, 0.1) is 10.5 Å². The molecule has 0 saturated carbocycles. The lowest BCUT2D eigenvalue weighted by molar-refractivity contribution is -0.385. The van der Waals surface area contributed by atoms with Gasteiger partial charge in [-0.2, -0.15) is 0 Å². The van der Waals surface area contributed by atoms with Crippen molar-refractivity contribution in [3.63, 3.8) is 0 Å². The van der Waals surface area contributed by atoms with Gasteiger partial charge in [0.15, 0.2) is 0 Å². The van der Waals surface area contributed by atoms with Gasteiger partial charge in [0.2, 0.25) is 0 Å². The Labute approximate surface area is 233 Å². The van der Waals surface area contributed by atoms with E-state index < -0.39 is 4.92 Å². The van der Waals surface area contributed by atoms with Gasteiger partial charge >= 0.3 is 6.09 Å². The van der Waals surface area contributed by atoms with Crippen LogP contribution in [0.5, 0.6) is 0 Å². The molecule has 0 bridgehead atoms. The summed E-state index contributed by atoms with van der Waals surface area (Å²) in [5.41, 5.74) is 0.437. The van der Waals surface area contributed by atoms with E-state index in [1.807, 2.05) is 4.90 Å². The van der Waals surface area contributed by atoms with Crippen LogP contribution in [0.1, 0.15) is 136 Å². The Bertz CT molecular complexity index is 729. The molecule has 0 spiro atoms. The van der Waals surface area contributed by atoms with E-state index in [1.54, 1.807) is 18.2 Å². The highest BCUT2D eigenvalue weighted by atomic mass is 16.6. The van der Waals surface area contributed by atoms with E-state index in [4.69, 9.17) is 4.74 Å². The molecule has 0 saturated heterocycles. The van der Waals surface area contributed by atoms with Crippen LogP contribution in [0, 0.1) is 22.0 Å². The summed E-state index contributed by atoms with van der Waals surface area (Å²) in [5.74, 6) is 0.930. The molecule has 38 heavy (non-hydrogen) atoms. The molecule has 1 amide bonds. The molecule has 6 heteroatoms. The Kier molecular flexibility index (Phi) is 19.4. The maximum Gasteiger partial charge on any atom is 0.410 e. The summed E-state index contributed by atoms with van der Waals surface area (Å²) in [6.07, 6.45) is 18.9. The lowest BCUT2D eigenvalue weighted by Crippen LogP contribution is -2.39. The van der Waals surface area contributed by atoms with Crippen molar-refractivity contribution in [3.05, 3.63) is 39.9 Å². The van der Waals surface area contributed by atoms with E-state index in [0.29, 0.717) is 30.5 Å². The molecular formula is C32H56N2O4. The Morgan fingerprint density at radius 3 is 1.74 bits per heavy atom. The van der Waals surface area contributed by atoms with Crippen molar-refractivity contribution in [1.29, 1.82) is 0 Å². The van der Waals surface area contributed by atoms with E-state index in [2.05, 4.69) is 27.7 Å². The van der Waals surface area contributed by atoms with Crippen LogP contribution >= 0.6 is 0 Å². The zero-order chi connectivity index (χ0) is 28.0. The molecule has 2 atom stereocenters. The predicted molar refractivity (Wildman–Crippen MR) is 158 cm³/mol. The number of carbonyl (C=O) groups excluding carboxylic acids is 1. The molecule has 6 nitrogen and oxygen atoms in total. The fourth-order valence-corrected chi connectivity index (χ4v) is 5.43. The quantitative estimate of drug-likeness (QED) is 0.0798. The van der Waals surface area contributed by atoms with Crippen molar-refractivity contribution in [2.45, 2.75) is 137 Å². The minimum absolute atomic E-state index is 0.00118. The van der Waals surface area contributed by atoms with Gasteiger partial charge in [-0.05, 0) is 43.6 Å². The van der Waals surface area contributed by atoms with Crippen LogP contribution in [0.3, 0.4) is 0 Å². The third-order valence-electron chi connectivity index (χ3n) is 7.58. The van der Waals surface area contributed by atoms with Gasteiger partial charge in [-0.15, -0.1) is 0 Å². The van der Waals surface area contributed by atoms with E-state index in [9.17, 15) is 14.9 Å². The van der Waals surface area contributed by atoms with Crippen LogP contribution in [-0.2, 0) is 11.3 Å². The highest BCUT2D eigenvalue weighted by Crippen LogP contribution is 2.24. The van der Waals surface area contributed by atoms with Gasteiger partial charge in [0.25, 0.3) is 5.69 Å². The van der Waals surface area contributed by atoms with Crippen LogP contribution in [0.2, 0.25) is 0 Å². The Balaban J connectivity index is 2.92. The molecule has 0 aliphatic carbocycles. The van der Waals surface area contributed by atoms with Gasteiger partial charge in [-0.1, -0.05) is 117 Å². The molecule has 0 aliphatic rings. The van der Waals surface area contributed by atoms with Crippen molar-refractivity contribution < 1.29 is 14.5 Å². The van der Waals surface area contributed by atoms with Gasteiger partial charge in [-0.25, -0.2) is 4.79 Å². The molecule has 0 aromatic heterocycles. The number of rotatable bonds is 23. The number of benzene rings is 1. The molecule has 0 radical (unpaired) electrons. The third kappa shape index (κ3) is 14.7. The number of ether oxygens (including phenoxy) is 1. The van der Waals surface area contributed by atoms with Crippen LogP contribution in [0.25, 0.3) is 0 Å². The highest BCUT2D eigenvalue weighted by molar-refractivity contribution is 5.67. The lowest BCUT2D eigenvalue weighted by Gasteiger charge is -2.30. The van der Waals surface area contributed by atoms with Gasteiger partial charge < -0.3 is 9.64 Å². The first-order valence-corrected chi connectivity index (χ1v) is 15.6. The smallest absolute Gasteiger partial charge is 0.410 e. The second-order valence-electron chi connectivity index (χ2n) is 11.1. The van der Waals surface area contributed by atoms with Crippen LogP contribution < -0.4 is 0 Å². The Morgan fingerprint density at radius 2 is 1.26 bits per heavy atom. The molecule has 1 rings (SSSR count). The Morgan fingerprint density at radius 1 is 0.763 bits per heavy atom. The number of amides is 1. The Hall–Kier alpha value is -2.11. The number of hydrogen-bond acceptors (Lipinski definition) is 4. The summed E-state index contributed by atoms with van der Waals surface area (Å²) < 4.78 is 5.74. The summed E-state index contributed by atoms with van der Waals surface area (Å²) >= 11 is 0. The van der Waals surface area contributed by atoms with Gasteiger partial charge in [0.1, 0.15) is 6.61 Å². The zero-order valence-corrected chi connectivity index (χ0v) is 24.9. The fraction of sp³-hybridized carbons (Fsp3) is 0.781. The third-order valence-corrected chi connectivity index (χ3v) is 7.58. The van der Waals surface area contributed by atoms with E-state index >= 15 is 0 Å². The van der Waals surface area contributed by atoms with Crippen LogP contribution in [-0.4, -0.2) is 29.0 Å². The van der Waals surface area contributed by atoms with E-state index in [-0.39, 0.29) is 18.4 Å². The van der Waals surface area contributed by atoms with Crippen molar-refractivity contribution in [1.82, 2.24) is 4.90 Å². The second kappa shape index (κ2) is 21.8. The zero-order valence-electron chi connectivity index (χ0n) is 24.9. The first-order valence-electron chi connectivity index (χ1n) is 15.6. The molecule has 0 heterocycles. The standard InChI is InChI=1S/C32H56N2O4/c1-5-9-11-13-15-21-28(19-7-3)25-33(26-29(20-8-4)22-16-14-12-10-6-2)32(35)38-27-30-23-17-18-24-31(30)34(36)37/h17-18,23-24,28-29H,5-16,19-22,25-27H2,1-4H3. The number of carbonyl (C=O) groups is 1. The first kappa shape index (κ1) is 33.9. The summed E-state index contributed by atoms with van der Waals surface area (Å²) in [7, 11) is 0. The number of nitrogens with zero attached hydrogens (tertiary/aromatic N) is 2. The fourth-order valence-electron chi connectivity index (χ4n) is 5.43. The van der Waals surface area contributed by atoms with Crippen molar-refractivity contribution in [2.24, 2.45) is 11.8 Å². The molecule has 2 unspecified atom stereocenters. The molecule has 218 valence electrons. The number of nitro groups is 1.